The number of aromatic nitrogens is 24. The summed E-state index contributed by atoms with van der Waals surface area (Å²) in [6.45, 7) is -1.86. The molecule has 12 aromatic heterocycles. The first-order valence-corrected chi connectivity index (χ1v) is 24.6. The molecule has 585 valence electrons. The number of rotatable bonds is 6. The van der Waals surface area contributed by atoms with Gasteiger partial charge in [0.25, 0.3) is 0 Å². The normalized spacial score (nSPS) is 10.4. The fraction of sp³-hybridized carbons (Fsp3) is 0.222. The van der Waals surface area contributed by atoms with Crippen LogP contribution < -0.4 is 67.5 Å². The Morgan fingerprint density at radius 2 is 0.552 bits per heavy atom. The maximum atomic E-state index is 12.0. The van der Waals surface area contributed by atoms with Crippen LogP contribution >= 0.6 is 0 Å². The van der Waals surface area contributed by atoms with E-state index in [0.29, 0.717) is 27.4 Å². The Balaban J connectivity index is -0.0000000377. The van der Waals surface area contributed by atoms with Crippen molar-refractivity contribution in [2.24, 2.45) is 27.9 Å². The molecule has 0 N–H and O–H groups in total. The summed E-state index contributed by atoms with van der Waals surface area (Å²) in [5, 5.41) is 0. The molecule has 71 heteroatoms. The Labute approximate surface area is 1630 Å². The van der Waals surface area contributed by atoms with Gasteiger partial charge in [-0.3, -0.25) is 19.6 Å². The first-order chi connectivity index (χ1) is 48.6. The van der Waals surface area contributed by atoms with Gasteiger partial charge < -0.3 is 150 Å². The molecule has 0 unspecified atom stereocenters. The summed E-state index contributed by atoms with van der Waals surface area (Å²) in [7, 11) is 27.8. The maximum absolute atomic E-state index is 12.0. The van der Waals surface area contributed by atoms with E-state index in [4.69, 9.17) is 21.9 Å². The minimum atomic E-state index is -2.74. The van der Waals surface area contributed by atoms with Gasteiger partial charge in [0.15, 0.2) is 11.1 Å². The van der Waals surface area contributed by atoms with Crippen molar-refractivity contribution in [1.29, 1.82) is 0 Å². The fourth-order valence-corrected chi connectivity index (χ4v) is 8.14. The van der Waals surface area contributed by atoms with Gasteiger partial charge in [0, 0.05) is 1210 Å². The molecule has 0 amide bonds. The second kappa shape index (κ2) is 115. The van der Waals surface area contributed by atoms with Crippen LogP contribution in [-0.4, -0.2) is 112 Å². The standard InChI is InChI=1S/3C9H10N4O2.3C9H9N4O2.35Y/c6*1-4-13-8(14)6-7(10-5-11(6)2)12(3)9(13)15;;;;;;;;;;;;;;;;;;;;;;;;;;;;;;;;;;;/h4-5H,3H2,1-2H3;4-5H,2H2,1,3H3;5H,2-4H2,1H3;4H,3H2,1-2H3;4H,2H2,1,3H3;2-4H2,1H3;;;;;;;;;;;;;;;;;;;;;;;;;;;;;;;;;;;/q3*-2;3*-3;;;;;;;;;;;;;;;;;;;;;;;;;;;;;;;;;;;/i2D3;3D3;4D2;2D3;3D3;4D2;;;;;;;;;;;;;;;;;;;;;;;;;;;;;;;;;;;. The molecule has 0 aliphatic carbocycles. The van der Waals surface area contributed by atoms with E-state index in [1.807, 2.05) is 0 Å². The van der Waals surface area contributed by atoms with Gasteiger partial charge in [-0.2, -0.15) is 19.6 Å². The van der Waals surface area contributed by atoms with Crippen LogP contribution in [0.25, 0.3) is 67.0 Å². The summed E-state index contributed by atoms with van der Waals surface area (Å²) < 4.78 is 132. The van der Waals surface area contributed by atoms with Gasteiger partial charge in [-0.15, -0.1) is 80.4 Å². The Morgan fingerprint density at radius 1 is 0.296 bits per heavy atom. The van der Waals surface area contributed by atoms with E-state index >= 15 is 0 Å². The van der Waals surface area contributed by atoms with E-state index in [1.54, 1.807) is 0 Å². The number of hydrogen-bond acceptors (Lipinski definition) is 18. The molecule has 0 bridgehead atoms. The minimum Gasteiger partial charge on any atom is -0.577 e. The van der Waals surface area contributed by atoms with Crippen LogP contribution in [0.5, 0.6) is 0 Å². The largest absolute Gasteiger partial charge is 0.577 e. The smallest absolute Gasteiger partial charge is 0.219 e. The topological polar surface area (TPSA) is 371 Å². The van der Waals surface area contributed by atoms with Gasteiger partial charge in [0.05, 0.1) is 17.5 Å². The molecule has 0 saturated heterocycles. The monoisotopic (exact) mass is 4360 g/mol. The molecule has 12 aromatic rings. The molecule has 0 aliphatic heterocycles. The van der Waals surface area contributed by atoms with Crippen molar-refractivity contribution in [3.05, 3.63) is 246 Å². The van der Waals surface area contributed by atoms with Crippen molar-refractivity contribution in [1.82, 2.24) is 112 Å². The van der Waals surface area contributed by atoms with Crippen LogP contribution in [0.1, 0.15) is 63.5 Å². The number of fused-ring (bicyclic) bond motifs is 6. The van der Waals surface area contributed by atoms with Crippen LogP contribution in [0, 0.1) is 102 Å². The Kier molecular flexibility index (Phi) is 164. The summed E-state index contributed by atoms with van der Waals surface area (Å²) in [4.78, 5) is 165. The Hall–Kier alpha value is 26.0. The van der Waals surface area contributed by atoms with E-state index in [9.17, 15) is 57.5 Å². The van der Waals surface area contributed by atoms with Crippen LogP contribution in [0.4, 0.5) is 0 Å². The molecule has 125 heavy (non-hydrogen) atoms. The SMILES string of the molecule is [2H]C([2H])(C)n1c(=O)c2c(n[c-]n2[CH2-])n([CH2-])c1=O.[2H]C([2H])(C)n1c(=O)c2c(ncn2[CH2-])n([CH2-])c1=O.[2H]C([2H])([2H])n1[c-]nc2c1c(=O)n([CH-]C)c(=O)n2[CH2-].[2H]C([2H])([2H])n1c(=O)n([CH-]C)c(=O)c2c1n[c-]n2[CH2-].[2H]C([2H])([2H])n1c(=O)n([CH-]C)c(=O)c2c1ncn2[CH2-].[2H]C([2H])([2H])n1cnc2c1c(=O)n([CH-]C)c(=O)n2[CH2-].[Y].[Y].[Y].[Y].[Y].[Y].[Y].[Y].[Y].[Y].[Y].[Y].[Y].[Y].[Y].[Y].[Y].[Y].[Y].[Y].[Y].[Y].[Y].[Y].[Y].[Y].[Y].[Y].[Y].[Y].[Y].[Y].[Y].[Y].[Y]. The Bertz CT molecular complexity index is 5980. The molecule has 0 fully saturated rings. The number of nitrogens with zero attached hydrogens (tertiary/aromatic N) is 24. The van der Waals surface area contributed by atoms with Gasteiger partial charge in [0.2, 0.25) is 39.7 Å². The molecule has 35 radical (unpaired) electrons. The molecule has 12 heterocycles. The van der Waals surface area contributed by atoms with Crippen LogP contribution in [-0.2, 0) is 1190 Å². The van der Waals surface area contributed by atoms with Gasteiger partial charge >= 0.3 is 0 Å². The molecule has 0 saturated carbocycles. The van der Waals surface area contributed by atoms with Crippen molar-refractivity contribution >= 4 is 67.0 Å². The summed E-state index contributed by atoms with van der Waals surface area (Å²) in [5.74, 6) is 0. The second-order valence-electron chi connectivity index (χ2n) is 17.4. The third-order valence-electron chi connectivity index (χ3n) is 12.5. The first kappa shape index (κ1) is 178. The zero-order valence-electron chi connectivity index (χ0n) is 84.0. The van der Waals surface area contributed by atoms with Gasteiger partial charge in [0.1, 0.15) is 11.1 Å². The summed E-state index contributed by atoms with van der Waals surface area (Å²) in [5.41, 5.74) is -10.5. The van der Waals surface area contributed by atoms with Crippen molar-refractivity contribution in [2.75, 3.05) is 0 Å². The third-order valence-corrected chi connectivity index (χ3v) is 12.5. The van der Waals surface area contributed by atoms with Crippen LogP contribution in [0.15, 0.2) is 76.5 Å². The fourth-order valence-electron chi connectivity index (χ4n) is 8.14. The molecule has 12 rings (SSSR count). The van der Waals surface area contributed by atoms with Crippen molar-refractivity contribution in [2.45, 2.75) is 54.5 Å². The second-order valence-corrected chi connectivity index (χ2v) is 17.4. The van der Waals surface area contributed by atoms with Gasteiger partial charge in [-0.1, -0.05) is 45.1 Å². The van der Waals surface area contributed by atoms with Crippen LogP contribution in [0.2, 0.25) is 0 Å². The zero-order chi connectivity index (χ0) is 80.6. The van der Waals surface area contributed by atoms with Crippen LogP contribution in [0.3, 0.4) is 0 Å². The molecule has 0 spiro atoms. The maximum Gasteiger partial charge on any atom is 0.219 e. The quantitative estimate of drug-likeness (QED) is 0.149. The zero-order valence-corrected chi connectivity index (χ0v) is 167. The van der Waals surface area contributed by atoms with E-state index in [-0.39, 0.29) is 1210 Å². The predicted molar refractivity (Wildman–Crippen MR) is 329 cm³/mol. The number of hydrogen-bond donors (Lipinski definition) is 0. The average Bonchev–Trinajstić information content (AvgIpc) is 1.75. The molecular weight excluding hydrogens is 4290 g/mol. The third kappa shape index (κ3) is 59.0. The van der Waals surface area contributed by atoms with E-state index in [1.165, 1.54) is 71.1 Å². The number of aryl methyl sites for hydroxylation is 4. The van der Waals surface area contributed by atoms with E-state index in [2.05, 4.69) is 105 Å². The van der Waals surface area contributed by atoms with Gasteiger partial charge in [-0.05, 0) is 68.4 Å². The van der Waals surface area contributed by atoms with E-state index in [0.717, 1.165) is 70.4 Å². The summed E-state index contributed by atoms with van der Waals surface area (Å²) in [6, 6.07) is 0. The minimum absolute atomic E-state index is 0. The van der Waals surface area contributed by atoms with Crippen molar-refractivity contribution in [3.8, 4) is 0 Å². The van der Waals surface area contributed by atoms with Gasteiger partial charge in [-0.25, -0.2) is 0 Å². The predicted octanol–water partition coefficient (Wildman–Crippen LogP) is -3.10. The average molecular weight is 4360 g/mol. The molecule has 0 aromatic carbocycles. The molecule has 0 atom stereocenters. The Morgan fingerprint density at radius 3 is 0.904 bits per heavy atom. The first-order valence-electron chi connectivity index (χ1n) is 32.6. The van der Waals surface area contributed by atoms with E-state index < -0.39 is 108 Å². The molecule has 0 aliphatic rings. The summed E-state index contributed by atoms with van der Waals surface area (Å²) in [6.07, 6.45) is 10.4. The molecule has 36 nitrogen and oxygen atoms in total. The van der Waals surface area contributed by atoms with Crippen molar-refractivity contribution in [3.63, 3.8) is 0 Å². The summed E-state index contributed by atoms with van der Waals surface area (Å²) >= 11 is 0. The number of imidazole rings is 6. The molecular formula is C54H57N24O12Y35-15. The van der Waals surface area contributed by atoms with Crippen molar-refractivity contribution < 1.29 is 1170 Å².